The molecule has 0 aliphatic carbocycles. The number of methoxy groups -OCH3 is 1. The number of benzene rings is 1. The van der Waals surface area contributed by atoms with Crippen molar-refractivity contribution < 1.29 is 9.53 Å². The molecule has 2 atom stereocenters. The zero-order chi connectivity index (χ0) is 16.0. The number of ether oxygens (including phenoxy) is 1. The number of hydrogen-bond donors (Lipinski definition) is 2. The molecule has 4 nitrogen and oxygen atoms in total. The zero-order valence-corrected chi connectivity index (χ0v) is 13.8. The highest BCUT2D eigenvalue weighted by Gasteiger charge is 2.27. The minimum Gasteiger partial charge on any atom is -0.497 e. The van der Waals surface area contributed by atoms with E-state index in [0.29, 0.717) is 0 Å². The first-order valence-electron chi connectivity index (χ1n) is 7.43. The Bertz CT molecular complexity index is 449. The Morgan fingerprint density at radius 3 is 2.33 bits per heavy atom. The molecule has 0 fully saturated rings. The van der Waals surface area contributed by atoms with E-state index in [-0.39, 0.29) is 17.4 Å². The molecule has 1 rings (SSSR count). The van der Waals surface area contributed by atoms with Gasteiger partial charge >= 0.3 is 0 Å². The number of carbonyl (C=O) groups is 1. The Kier molecular flexibility index (Phi) is 6.21. The van der Waals surface area contributed by atoms with Crippen LogP contribution < -0.4 is 15.8 Å². The predicted octanol–water partition coefficient (Wildman–Crippen LogP) is 2.51. The average molecular weight is 292 g/mol. The topological polar surface area (TPSA) is 64.3 Å². The normalized spacial score (nSPS) is 14.4. The predicted molar refractivity (Wildman–Crippen MR) is 86.4 cm³/mol. The van der Waals surface area contributed by atoms with Gasteiger partial charge in [0.05, 0.1) is 13.2 Å². The molecule has 0 aromatic heterocycles. The molecule has 0 bridgehead atoms. The molecular weight excluding hydrogens is 264 g/mol. The summed E-state index contributed by atoms with van der Waals surface area (Å²) in [4.78, 5) is 12.0. The Hall–Kier alpha value is -1.55. The minimum atomic E-state index is -0.485. The van der Waals surface area contributed by atoms with Crippen LogP contribution in [0, 0.1) is 5.41 Å². The highest BCUT2D eigenvalue weighted by atomic mass is 16.5. The van der Waals surface area contributed by atoms with E-state index < -0.39 is 6.04 Å². The van der Waals surface area contributed by atoms with Crippen LogP contribution in [0.5, 0.6) is 5.75 Å². The van der Waals surface area contributed by atoms with Crippen molar-refractivity contribution in [3.05, 3.63) is 29.8 Å². The van der Waals surface area contributed by atoms with Gasteiger partial charge in [-0.1, -0.05) is 32.9 Å². The lowest BCUT2D eigenvalue weighted by Crippen LogP contribution is -2.50. The van der Waals surface area contributed by atoms with Gasteiger partial charge in [-0.2, -0.15) is 0 Å². The number of nitrogens with two attached hydrogens (primary N) is 1. The molecular formula is C17H28N2O2. The van der Waals surface area contributed by atoms with Gasteiger partial charge in [-0.3, -0.25) is 4.79 Å². The van der Waals surface area contributed by atoms with Gasteiger partial charge in [-0.25, -0.2) is 0 Å². The Morgan fingerprint density at radius 2 is 1.86 bits per heavy atom. The highest BCUT2D eigenvalue weighted by Crippen LogP contribution is 2.18. The molecule has 1 aromatic carbocycles. The molecule has 1 aromatic rings. The van der Waals surface area contributed by atoms with Crippen LogP contribution in [0.3, 0.4) is 0 Å². The summed E-state index contributed by atoms with van der Waals surface area (Å²) < 4.78 is 5.13. The van der Waals surface area contributed by atoms with Gasteiger partial charge in [-0.05, 0) is 42.9 Å². The first-order chi connectivity index (χ1) is 9.74. The van der Waals surface area contributed by atoms with Crippen LogP contribution in [0.4, 0.5) is 0 Å². The standard InChI is InChI=1S/C17H28N2O2/c1-12(19-16(20)15(18)17(2,3)4)6-7-13-8-10-14(21-5)11-9-13/h8-12,15H,6-7,18H2,1-5H3,(H,19,20)/t12?,15-/m1/s1. The Balaban J connectivity index is 2.43. The van der Waals surface area contributed by atoms with Crippen LogP contribution >= 0.6 is 0 Å². The number of nitrogens with one attached hydrogen (secondary N) is 1. The van der Waals surface area contributed by atoms with Crippen molar-refractivity contribution in [2.45, 2.75) is 52.6 Å². The summed E-state index contributed by atoms with van der Waals surface area (Å²) in [5.41, 5.74) is 6.97. The van der Waals surface area contributed by atoms with Crippen molar-refractivity contribution in [2.75, 3.05) is 7.11 Å². The van der Waals surface area contributed by atoms with E-state index in [4.69, 9.17) is 10.5 Å². The molecule has 0 aliphatic heterocycles. The van der Waals surface area contributed by atoms with Crippen LogP contribution in [0.2, 0.25) is 0 Å². The third-order valence-electron chi connectivity index (χ3n) is 3.63. The number of hydrogen-bond acceptors (Lipinski definition) is 3. The first-order valence-corrected chi connectivity index (χ1v) is 7.43. The maximum atomic E-state index is 12.0. The van der Waals surface area contributed by atoms with E-state index in [2.05, 4.69) is 5.32 Å². The van der Waals surface area contributed by atoms with Gasteiger partial charge in [0, 0.05) is 6.04 Å². The summed E-state index contributed by atoms with van der Waals surface area (Å²) in [5.74, 6) is 0.779. The second-order valence-electron chi connectivity index (χ2n) is 6.64. The van der Waals surface area contributed by atoms with Crippen molar-refractivity contribution in [1.82, 2.24) is 5.32 Å². The van der Waals surface area contributed by atoms with Gasteiger partial charge in [0.15, 0.2) is 0 Å². The molecule has 1 unspecified atom stereocenters. The van der Waals surface area contributed by atoms with Gasteiger partial charge in [0.25, 0.3) is 0 Å². The lowest BCUT2D eigenvalue weighted by atomic mass is 9.87. The molecule has 4 heteroatoms. The monoisotopic (exact) mass is 292 g/mol. The number of carbonyl (C=O) groups excluding carboxylic acids is 1. The largest absolute Gasteiger partial charge is 0.497 e. The summed E-state index contributed by atoms with van der Waals surface area (Å²) in [5, 5.41) is 2.99. The molecule has 21 heavy (non-hydrogen) atoms. The van der Waals surface area contributed by atoms with E-state index in [0.717, 1.165) is 18.6 Å². The zero-order valence-electron chi connectivity index (χ0n) is 13.8. The average Bonchev–Trinajstić information content (AvgIpc) is 2.43. The van der Waals surface area contributed by atoms with Crippen LogP contribution in [0.1, 0.15) is 39.7 Å². The van der Waals surface area contributed by atoms with Crippen LogP contribution in [-0.4, -0.2) is 25.1 Å². The molecule has 0 saturated heterocycles. The summed E-state index contributed by atoms with van der Waals surface area (Å²) >= 11 is 0. The van der Waals surface area contributed by atoms with Crippen LogP contribution in [0.15, 0.2) is 24.3 Å². The number of aryl methyl sites for hydroxylation is 1. The van der Waals surface area contributed by atoms with Crippen molar-refractivity contribution in [3.8, 4) is 5.75 Å². The van der Waals surface area contributed by atoms with E-state index in [1.54, 1.807) is 7.11 Å². The molecule has 0 spiro atoms. The van der Waals surface area contributed by atoms with E-state index in [1.807, 2.05) is 52.0 Å². The summed E-state index contributed by atoms with van der Waals surface area (Å²) in [6.07, 6.45) is 1.80. The van der Waals surface area contributed by atoms with Crippen LogP contribution in [-0.2, 0) is 11.2 Å². The molecule has 3 N–H and O–H groups in total. The van der Waals surface area contributed by atoms with Gasteiger partial charge < -0.3 is 15.8 Å². The fourth-order valence-corrected chi connectivity index (χ4v) is 1.97. The lowest BCUT2D eigenvalue weighted by Gasteiger charge is -2.27. The van der Waals surface area contributed by atoms with E-state index >= 15 is 0 Å². The van der Waals surface area contributed by atoms with Gasteiger partial charge in [-0.15, -0.1) is 0 Å². The highest BCUT2D eigenvalue weighted by molar-refractivity contribution is 5.82. The second kappa shape index (κ2) is 7.46. The first kappa shape index (κ1) is 17.5. The van der Waals surface area contributed by atoms with Gasteiger partial charge in [0.1, 0.15) is 5.75 Å². The maximum Gasteiger partial charge on any atom is 0.237 e. The summed E-state index contributed by atoms with van der Waals surface area (Å²) in [7, 11) is 1.66. The third-order valence-corrected chi connectivity index (χ3v) is 3.63. The van der Waals surface area contributed by atoms with Crippen molar-refractivity contribution in [1.29, 1.82) is 0 Å². The quantitative estimate of drug-likeness (QED) is 0.846. The minimum absolute atomic E-state index is 0.0790. The molecule has 0 aliphatic rings. The van der Waals surface area contributed by atoms with Crippen molar-refractivity contribution >= 4 is 5.91 Å². The number of amides is 1. The summed E-state index contributed by atoms with van der Waals surface area (Å²) in [6, 6.07) is 7.62. The smallest absolute Gasteiger partial charge is 0.237 e. The number of rotatable bonds is 6. The Morgan fingerprint density at radius 1 is 1.29 bits per heavy atom. The van der Waals surface area contributed by atoms with Crippen molar-refractivity contribution in [3.63, 3.8) is 0 Å². The molecule has 0 heterocycles. The maximum absolute atomic E-state index is 12.0. The van der Waals surface area contributed by atoms with E-state index in [9.17, 15) is 4.79 Å². The SMILES string of the molecule is COc1ccc(CCC(C)NC(=O)[C@@H](N)C(C)(C)C)cc1. The Labute approximate surface area is 128 Å². The fraction of sp³-hybridized carbons (Fsp3) is 0.588. The second-order valence-corrected chi connectivity index (χ2v) is 6.64. The molecule has 0 saturated carbocycles. The lowest BCUT2D eigenvalue weighted by molar-refractivity contribution is -0.125. The summed E-state index contributed by atoms with van der Waals surface area (Å²) in [6.45, 7) is 7.93. The molecule has 118 valence electrons. The van der Waals surface area contributed by atoms with Crippen LogP contribution in [0.25, 0.3) is 0 Å². The fourth-order valence-electron chi connectivity index (χ4n) is 1.97. The van der Waals surface area contributed by atoms with E-state index in [1.165, 1.54) is 5.56 Å². The third kappa shape index (κ3) is 5.76. The van der Waals surface area contributed by atoms with Crippen molar-refractivity contribution in [2.24, 2.45) is 11.1 Å². The molecule has 0 radical (unpaired) electrons. The molecule has 1 amide bonds. The van der Waals surface area contributed by atoms with Gasteiger partial charge in [0.2, 0.25) is 5.91 Å².